The van der Waals surface area contributed by atoms with E-state index in [4.69, 9.17) is 27.9 Å². The third kappa shape index (κ3) is 3.30. The first kappa shape index (κ1) is 14.8. The zero-order valence-corrected chi connectivity index (χ0v) is 12.1. The Morgan fingerprint density at radius 1 is 1.25 bits per heavy atom. The lowest BCUT2D eigenvalue weighted by Crippen LogP contribution is -2.02. The topological polar surface area (TPSA) is 26.3 Å². The van der Waals surface area contributed by atoms with E-state index >= 15 is 0 Å². The van der Waals surface area contributed by atoms with Crippen LogP contribution in [0.1, 0.15) is 22.8 Å². The molecule has 104 valence electrons. The normalized spacial score (nSPS) is 10.4. The Kier molecular flexibility index (Phi) is 4.63. The van der Waals surface area contributed by atoms with Crippen molar-refractivity contribution >= 4 is 29.0 Å². The number of rotatable bonds is 4. The molecule has 0 saturated carbocycles. The summed E-state index contributed by atoms with van der Waals surface area (Å²) in [7, 11) is 0. The maximum Gasteiger partial charge on any atom is 0.163 e. The molecule has 0 atom stereocenters. The van der Waals surface area contributed by atoms with E-state index in [1.54, 1.807) is 18.2 Å². The van der Waals surface area contributed by atoms with E-state index in [0.717, 1.165) is 6.07 Å². The molecule has 0 amide bonds. The minimum absolute atomic E-state index is 0.144. The molecular weight excluding hydrogens is 302 g/mol. The minimum atomic E-state index is -0.483. The molecule has 0 aliphatic carbocycles. The first-order valence-electron chi connectivity index (χ1n) is 5.85. The highest BCUT2D eigenvalue weighted by Crippen LogP contribution is 2.27. The van der Waals surface area contributed by atoms with E-state index < -0.39 is 5.82 Å². The summed E-state index contributed by atoms with van der Waals surface area (Å²) in [6.45, 7) is 1.50. The van der Waals surface area contributed by atoms with Crippen LogP contribution < -0.4 is 4.74 Å². The van der Waals surface area contributed by atoms with Crippen molar-refractivity contribution in [3.63, 3.8) is 0 Å². The Bertz CT molecular complexity index is 656. The van der Waals surface area contributed by atoms with Crippen molar-refractivity contribution in [3.8, 4) is 5.75 Å². The number of ketones is 1. The molecule has 0 unspecified atom stereocenters. The molecule has 0 aliphatic rings. The highest BCUT2D eigenvalue weighted by atomic mass is 35.5. The minimum Gasteiger partial charge on any atom is -0.488 e. The molecular formula is C15H11Cl2FO2. The second-order valence-corrected chi connectivity index (χ2v) is 4.98. The number of ether oxygens (including phenoxy) is 1. The van der Waals surface area contributed by atoms with Crippen molar-refractivity contribution in [2.75, 3.05) is 0 Å². The molecule has 2 rings (SSSR count). The average molecular weight is 313 g/mol. The van der Waals surface area contributed by atoms with Gasteiger partial charge in [-0.1, -0.05) is 35.3 Å². The molecule has 0 N–H and O–H groups in total. The standard InChI is InChI=1S/C15H11Cl2FO2/c1-9(19)12-7-11(18)5-6-14(12)20-8-10-3-2-4-13(16)15(10)17/h2-7H,8H2,1H3. The van der Waals surface area contributed by atoms with Gasteiger partial charge in [0.25, 0.3) is 0 Å². The molecule has 2 aromatic carbocycles. The quantitative estimate of drug-likeness (QED) is 0.749. The monoisotopic (exact) mass is 312 g/mol. The van der Waals surface area contributed by atoms with E-state index in [1.165, 1.54) is 19.1 Å². The Morgan fingerprint density at radius 2 is 2.00 bits per heavy atom. The van der Waals surface area contributed by atoms with Gasteiger partial charge in [0.1, 0.15) is 18.2 Å². The second kappa shape index (κ2) is 6.25. The van der Waals surface area contributed by atoms with Crippen molar-refractivity contribution in [1.82, 2.24) is 0 Å². The summed E-state index contributed by atoms with van der Waals surface area (Å²) >= 11 is 12.0. The van der Waals surface area contributed by atoms with Crippen LogP contribution in [0.2, 0.25) is 10.0 Å². The van der Waals surface area contributed by atoms with Crippen molar-refractivity contribution in [2.24, 2.45) is 0 Å². The first-order valence-corrected chi connectivity index (χ1v) is 6.61. The largest absolute Gasteiger partial charge is 0.488 e. The van der Waals surface area contributed by atoms with Crippen LogP contribution in [0.5, 0.6) is 5.75 Å². The fourth-order valence-electron chi connectivity index (χ4n) is 1.72. The second-order valence-electron chi connectivity index (χ2n) is 4.20. The Labute approximate surface area is 126 Å². The predicted molar refractivity (Wildman–Crippen MR) is 77.2 cm³/mol. The molecule has 0 fully saturated rings. The van der Waals surface area contributed by atoms with Gasteiger partial charge in [-0.05, 0) is 31.2 Å². The first-order chi connectivity index (χ1) is 9.49. The predicted octanol–water partition coefficient (Wildman–Crippen LogP) is 4.91. The van der Waals surface area contributed by atoms with E-state index in [9.17, 15) is 9.18 Å². The van der Waals surface area contributed by atoms with Crippen molar-refractivity contribution < 1.29 is 13.9 Å². The van der Waals surface area contributed by atoms with Crippen molar-refractivity contribution in [2.45, 2.75) is 13.5 Å². The number of carbonyl (C=O) groups is 1. The molecule has 20 heavy (non-hydrogen) atoms. The summed E-state index contributed by atoms with van der Waals surface area (Å²) in [6.07, 6.45) is 0. The van der Waals surface area contributed by atoms with Crippen LogP contribution >= 0.6 is 23.2 Å². The van der Waals surface area contributed by atoms with Crippen LogP contribution in [-0.2, 0) is 6.61 Å². The van der Waals surface area contributed by atoms with Crippen molar-refractivity contribution in [1.29, 1.82) is 0 Å². The van der Waals surface area contributed by atoms with Gasteiger partial charge in [0.15, 0.2) is 5.78 Å². The van der Waals surface area contributed by atoms with Crippen molar-refractivity contribution in [3.05, 3.63) is 63.4 Å². The fraction of sp³-hybridized carbons (Fsp3) is 0.133. The maximum atomic E-state index is 13.1. The summed E-state index contributed by atoms with van der Waals surface area (Å²) in [4.78, 5) is 11.5. The lowest BCUT2D eigenvalue weighted by atomic mass is 10.1. The van der Waals surface area contributed by atoms with E-state index in [-0.39, 0.29) is 18.0 Å². The maximum absolute atomic E-state index is 13.1. The SMILES string of the molecule is CC(=O)c1cc(F)ccc1OCc1cccc(Cl)c1Cl. The van der Waals surface area contributed by atoms with Crippen LogP contribution in [0.4, 0.5) is 4.39 Å². The average Bonchev–Trinajstić information content (AvgIpc) is 2.41. The molecule has 0 heterocycles. The fourth-order valence-corrected chi connectivity index (χ4v) is 2.09. The van der Waals surface area contributed by atoms with Crippen LogP contribution in [0.25, 0.3) is 0 Å². The highest BCUT2D eigenvalue weighted by molar-refractivity contribution is 6.42. The molecule has 0 spiro atoms. The summed E-state index contributed by atoms with van der Waals surface area (Å²) in [5.74, 6) is -0.435. The van der Waals surface area contributed by atoms with Gasteiger partial charge in [-0.15, -0.1) is 0 Å². The van der Waals surface area contributed by atoms with Crippen LogP contribution in [0.3, 0.4) is 0 Å². The third-order valence-corrected chi connectivity index (χ3v) is 3.59. The van der Waals surface area contributed by atoms with Gasteiger partial charge >= 0.3 is 0 Å². The van der Waals surface area contributed by atoms with Crippen LogP contribution in [0.15, 0.2) is 36.4 Å². The smallest absolute Gasteiger partial charge is 0.163 e. The Balaban J connectivity index is 2.23. The lowest BCUT2D eigenvalue weighted by Gasteiger charge is -2.11. The van der Waals surface area contributed by atoms with Gasteiger partial charge < -0.3 is 4.74 Å². The number of benzene rings is 2. The molecule has 2 nitrogen and oxygen atoms in total. The number of hydrogen-bond acceptors (Lipinski definition) is 2. The number of Topliss-reactive ketones (excluding diaryl/α,β-unsaturated/α-hetero) is 1. The molecule has 0 radical (unpaired) electrons. The van der Waals surface area contributed by atoms with Gasteiger partial charge in [-0.25, -0.2) is 4.39 Å². The van der Waals surface area contributed by atoms with Crippen LogP contribution in [0, 0.1) is 5.82 Å². The summed E-state index contributed by atoms with van der Waals surface area (Å²) in [6, 6.07) is 9.00. The van der Waals surface area contributed by atoms with Gasteiger partial charge in [0.05, 0.1) is 15.6 Å². The highest BCUT2D eigenvalue weighted by Gasteiger charge is 2.11. The molecule has 0 saturated heterocycles. The van der Waals surface area contributed by atoms with E-state index in [0.29, 0.717) is 21.4 Å². The summed E-state index contributed by atoms with van der Waals surface area (Å²) < 4.78 is 18.7. The summed E-state index contributed by atoms with van der Waals surface area (Å²) in [5, 5.41) is 0.833. The van der Waals surface area contributed by atoms with E-state index in [2.05, 4.69) is 0 Å². The number of halogens is 3. The Hall–Kier alpha value is -1.58. The zero-order valence-electron chi connectivity index (χ0n) is 10.6. The van der Waals surface area contributed by atoms with Gasteiger partial charge in [-0.2, -0.15) is 0 Å². The van der Waals surface area contributed by atoms with Gasteiger partial charge in [0, 0.05) is 5.56 Å². The van der Waals surface area contributed by atoms with E-state index in [1.807, 2.05) is 0 Å². The number of carbonyl (C=O) groups excluding carboxylic acids is 1. The molecule has 2 aromatic rings. The molecule has 5 heteroatoms. The zero-order chi connectivity index (χ0) is 14.7. The third-order valence-electron chi connectivity index (χ3n) is 2.74. The molecule has 0 aromatic heterocycles. The Morgan fingerprint density at radius 3 is 2.70 bits per heavy atom. The molecule has 0 aliphatic heterocycles. The lowest BCUT2D eigenvalue weighted by molar-refractivity contribution is 0.101. The number of hydrogen-bond donors (Lipinski definition) is 0. The summed E-state index contributed by atoms with van der Waals surface area (Å²) in [5.41, 5.74) is 0.890. The van der Waals surface area contributed by atoms with Gasteiger partial charge in [-0.3, -0.25) is 4.79 Å². The van der Waals surface area contributed by atoms with Crippen LogP contribution in [-0.4, -0.2) is 5.78 Å². The van der Waals surface area contributed by atoms with Gasteiger partial charge in [0.2, 0.25) is 0 Å². The molecule has 0 bridgehead atoms.